The Kier molecular flexibility index (Phi) is 5.92. The lowest BCUT2D eigenvalue weighted by Gasteiger charge is -2.30. The average Bonchev–Trinajstić information content (AvgIpc) is 3.54. The minimum Gasteiger partial charge on any atom is -0.457 e. The van der Waals surface area contributed by atoms with Crippen LogP contribution in [-0.4, -0.2) is 4.57 Å². The predicted octanol–water partition coefficient (Wildman–Crippen LogP) is 7.02. The van der Waals surface area contributed by atoms with Crippen LogP contribution in [0.5, 0.6) is 0 Å². The van der Waals surface area contributed by atoms with Gasteiger partial charge in [-0.1, -0.05) is 77.0 Å². The molecule has 0 spiro atoms. The Hall–Kier alpha value is -3.71. The lowest BCUT2D eigenvalue weighted by atomic mass is 9.83. The second-order valence-electron chi connectivity index (χ2n) is 9.47. The number of thiazole rings is 1. The molecule has 1 atom stereocenters. The zero-order valence-corrected chi connectivity index (χ0v) is 22.7. The molecule has 0 N–H and O–H groups in total. The molecular weight excluding hydrogens is 554 g/mol. The van der Waals surface area contributed by atoms with Crippen molar-refractivity contribution in [2.24, 2.45) is 4.99 Å². The van der Waals surface area contributed by atoms with Gasteiger partial charge in [0.15, 0.2) is 4.80 Å². The van der Waals surface area contributed by atoms with Crippen molar-refractivity contribution in [2.75, 3.05) is 0 Å². The van der Waals surface area contributed by atoms with Gasteiger partial charge in [-0.15, -0.1) is 0 Å². The van der Waals surface area contributed by atoms with Crippen LogP contribution in [0.3, 0.4) is 0 Å². The molecule has 0 amide bonds. The van der Waals surface area contributed by atoms with Crippen molar-refractivity contribution in [3.63, 3.8) is 0 Å². The first-order chi connectivity index (χ1) is 19.0. The van der Waals surface area contributed by atoms with Crippen LogP contribution in [-0.2, 0) is 6.42 Å². The summed E-state index contributed by atoms with van der Waals surface area (Å²) in [6, 6.07) is 23.2. The minimum atomic E-state index is -0.371. The molecule has 3 aromatic carbocycles. The van der Waals surface area contributed by atoms with Crippen LogP contribution in [0.2, 0.25) is 10.0 Å². The molecular formula is C31H19Cl2FN2O2S. The summed E-state index contributed by atoms with van der Waals surface area (Å²) in [6.45, 7) is 0. The first-order valence-corrected chi connectivity index (χ1v) is 14.0. The van der Waals surface area contributed by atoms with Gasteiger partial charge in [-0.25, -0.2) is 9.38 Å². The molecule has 0 saturated carbocycles. The molecule has 0 saturated heterocycles. The van der Waals surface area contributed by atoms with Crippen LogP contribution in [0.15, 0.2) is 98.6 Å². The van der Waals surface area contributed by atoms with Crippen LogP contribution >= 0.6 is 34.5 Å². The topological polar surface area (TPSA) is 47.5 Å². The second kappa shape index (κ2) is 9.49. The number of halogens is 3. The van der Waals surface area contributed by atoms with Crippen molar-refractivity contribution in [2.45, 2.75) is 18.9 Å². The molecule has 2 aliphatic rings. The minimum absolute atomic E-state index is 0.169. The highest BCUT2D eigenvalue weighted by molar-refractivity contribution is 7.07. The van der Waals surface area contributed by atoms with Gasteiger partial charge in [0.1, 0.15) is 17.3 Å². The van der Waals surface area contributed by atoms with Crippen LogP contribution < -0.4 is 14.9 Å². The summed E-state index contributed by atoms with van der Waals surface area (Å²) in [7, 11) is 0. The maximum absolute atomic E-state index is 13.9. The first-order valence-electron chi connectivity index (χ1n) is 12.4. The quantitative estimate of drug-likeness (QED) is 0.233. The maximum atomic E-state index is 13.9. The van der Waals surface area contributed by atoms with E-state index in [1.807, 2.05) is 18.2 Å². The molecule has 1 aliphatic carbocycles. The highest BCUT2D eigenvalue weighted by atomic mass is 35.5. The molecule has 1 unspecified atom stereocenters. The summed E-state index contributed by atoms with van der Waals surface area (Å²) in [5.41, 5.74) is 5.63. The number of aromatic nitrogens is 1. The lowest BCUT2D eigenvalue weighted by molar-refractivity contribution is 0.570. The fourth-order valence-electron chi connectivity index (χ4n) is 5.37. The molecule has 3 heterocycles. The van der Waals surface area contributed by atoms with Crippen molar-refractivity contribution in [3.8, 4) is 11.3 Å². The van der Waals surface area contributed by atoms with E-state index in [1.54, 1.807) is 47.0 Å². The molecule has 4 nitrogen and oxygen atoms in total. The smallest absolute Gasteiger partial charge is 0.271 e. The highest BCUT2D eigenvalue weighted by Crippen LogP contribution is 2.41. The number of fused-ring (bicyclic) bond motifs is 3. The normalized spacial score (nSPS) is 16.5. The molecule has 1 aliphatic heterocycles. The van der Waals surface area contributed by atoms with Gasteiger partial charge >= 0.3 is 0 Å². The van der Waals surface area contributed by atoms with Crippen molar-refractivity contribution in [1.29, 1.82) is 0 Å². The third kappa shape index (κ3) is 4.11. The Labute approximate surface area is 236 Å². The second-order valence-corrected chi connectivity index (χ2v) is 11.3. The van der Waals surface area contributed by atoms with E-state index >= 15 is 0 Å². The third-order valence-corrected chi connectivity index (χ3v) is 8.98. The van der Waals surface area contributed by atoms with Crippen molar-refractivity contribution >= 4 is 46.3 Å². The van der Waals surface area contributed by atoms with Gasteiger partial charge in [0, 0.05) is 17.2 Å². The maximum Gasteiger partial charge on any atom is 0.271 e. The molecule has 192 valence electrons. The number of hydrogen-bond acceptors (Lipinski definition) is 4. The SMILES string of the molecule is O=c1c(=Cc2ccc(-c3cccc(Cl)c3Cl)o2)sc2n1C(c1ccc(F)cc1)C1=C(N=2)c2ccccc2CC1. The zero-order valence-electron chi connectivity index (χ0n) is 20.3. The molecule has 7 rings (SSSR count). The number of furan rings is 1. The van der Waals surface area contributed by atoms with Gasteiger partial charge in [-0.2, -0.15) is 0 Å². The zero-order chi connectivity index (χ0) is 26.7. The lowest BCUT2D eigenvalue weighted by Crippen LogP contribution is -2.38. The van der Waals surface area contributed by atoms with Crippen LogP contribution in [0.1, 0.15) is 34.9 Å². The van der Waals surface area contributed by atoms with Crippen LogP contribution in [0.25, 0.3) is 23.1 Å². The number of hydrogen-bond donors (Lipinski definition) is 0. The van der Waals surface area contributed by atoms with E-state index in [-0.39, 0.29) is 17.4 Å². The van der Waals surface area contributed by atoms with Crippen molar-refractivity contribution < 1.29 is 8.81 Å². The van der Waals surface area contributed by atoms with E-state index < -0.39 is 0 Å². The van der Waals surface area contributed by atoms with Gasteiger partial charge in [0.25, 0.3) is 5.56 Å². The summed E-state index contributed by atoms with van der Waals surface area (Å²) in [6.07, 6.45) is 3.35. The van der Waals surface area contributed by atoms with E-state index in [2.05, 4.69) is 12.1 Å². The largest absolute Gasteiger partial charge is 0.457 e. The van der Waals surface area contributed by atoms with Gasteiger partial charge in [0.2, 0.25) is 0 Å². The Morgan fingerprint density at radius 1 is 0.949 bits per heavy atom. The monoisotopic (exact) mass is 572 g/mol. The highest BCUT2D eigenvalue weighted by Gasteiger charge is 2.32. The summed E-state index contributed by atoms with van der Waals surface area (Å²) >= 11 is 13.9. The number of allylic oxidation sites excluding steroid dienone is 1. The van der Waals surface area contributed by atoms with Crippen LogP contribution in [0.4, 0.5) is 4.39 Å². The predicted molar refractivity (Wildman–Crippen MR) is 153 cm³/mol. The Balaban J connectivity index is 1.40. The van der Waals surface area contributed by atoms with Crippen molar-refractivity contribution in [1.82, 2.24) is 4.57 Å². The van der Waals surface area contributed by atoms with Crippen molar-refractivity contribution in [3.05, 3.63) is 142 Å². The summed E-state index contributed by atoms with van der Waals surface area (Å²) in [4.78, 5) is 19.5. The number of aryl methyl sites for hydroxylation is 1. The number of rotatable bonds is 3. The Morgan fingerprint density at radius 3 is 2.59 bits per heavy atom. The van der Waals surface area contributed by atoms with E-state index in [0.29, 0.717) is 36.5 Å². The molecule has 8 heteroatoms. The Bertz CT molecular complexity index is 1990. The third-order valence-electron chi connectivity index (χ3n) is 7.18. The Morgan fingerprint density at radius 2 is 1.74 bits per heavy atom. The van der Waals surface area contributed by atoms with E-state index in [1.165, 1.54) is 29.0 Å². The van der Waals surface area contributed by atoms with E-state index in [4.69, 9.17) is 32.6 Å². The molecule has 5 aromatic rings. The summed E-state index contributed by atoms with van der Waals surface area (Å²) in [5.74, 6) is 0.749. The first kappa shape index (κ1) is 24.3. The standard InChI is InChI=1S/C31H19Cl2FN2O2S/c32-24-7-3-6-22(27(24)33)25-15-13-20(38-25)16-26-30(37)36-29(18-8-11-19(34)12-9-18)23-14-10-17-4-1-2-5-21(17)28(23)35-31(36)39-26/h1-9,11-13,15-16,29H,10,14H2. The average molecular weight is 573 g/mol. The fraction of sp³-hybridized carbons (Fsp3) is 0.0968. The molecule has 0 radical (unpaired) electrons. The van der Waals surface area contributed by atoms with E-state index in [9.17, 15) is 9.18 Å². The number of nitrogens with zero attached hydrogens (tertiary/aromatic N) is 2. The molecule has 2 aromatic heterocycles. The molecule has 0 bridgehead atoms. The van der Waals surface area contributed by atoms with Crippen LogP contribution in [0, 0.1) is 5.82 Å². The fourth-order valence-corrected chi connectivity index (χ4v) is 6.74. The number of benzene rings is 3. The molecule has 0 fully saturated rings. The molecule has 39 heavy (non-hydrogen) atoms. The summed E-state index contributed by atoms with van der Waals surface area (Å²) < 4.78 is 22.1. The van der Waals surface area contributed by atoms with E-state index in [0.717, 1.165) is 35.2 Å². The van der Waals surface area contributed by atoms with Gasteiger partial charge in [-0.3, -0.25) is 9.36 Å². The summed E-state index contributed by atoms with van der Waals surface area (Å²) in [5, 5.41) is 0.844. The van der Waals surface area contributed by atoms with Gasteiger partial charge in [0.05, 0.1) is 26.3 Å². The van der Waals surface area contributed by atoms with Gasteiger partial charge in [-0.05, 0) is 65.9 Å². The van der Waals surface area contributed by atoms with Gasteiger partial charge < -0.3 is 4.42 Å².